The van der Waals surface area contributed by atoms with Crippen molar-refractivity contribution in [2.75, 3.05) is 19.6 Å². The van der Waals surface area contributed by atoms with E-state index in [-0.39, 0.29) is 5.91 Å². The fourth-order valence-corrected chi connectivity index (χ4v) is 4.03. The Morgan fingerprint density at radius 2 is 2.05 bits per heavy atom. The molecule has 2 heterocycles. The maximum atomic E-state index is 12.9. The Balaban J connectivity index is 2.16. The minimum absolute atomic E-state index is 0.195. The van der Waals surface area contributed by atoms with Crippen molar-refractivity contribution < 1.29 is 4.79 Å². The van der Waals surface area contributed by atoms with Crippen LogP contribution in [-0.2, 0) is 6.42 Å². The topological polar surface area (TPSA) is 45.2 Å². The van der Waals surface area contributed by atoms with E-state index in [1.807, 2.05) is 6.92 Å². The van der Waals surface area contributed by atoms with Gasteiger partial charge in [0.25, 0.3) is 5.91 Å². The van der Waals surface area contributed by atoms with E-state index in [1.165, 1.54) is 0 Å². The molecule has 2 rings (SSSR count). The predicted molar refractivity (Wildman–Crippen MR) is 88.1 cm³/mol. The fourth-order valence-electron chi connectivity index (χ4n) is 2.91. The van der Waals surface area contributed by atoms with Gasteiger partial charge in [-0.05, 0) is 52.1 Å². The Bertz CT molecular complexity index is 466. The largest absolute Gasteiger partial charge is 0.335 e. The van der Waals surface area contributed by atoms with E-state index < -0.39 is 0 Å². The first-order valence-corrected chi connectivity index (χ1v) is 8.97. The molecular weight excluding hydrogens is 282 g/mol. The zero-order chi connectivity index (χ0) is 15.2. The number of carbonyl (C=O) groups excluding carboxylic acids is 1. The molecule has 0 aromatic carbocycles. The molecule has 0 radical (unpaired) electrons. The van der Waals surface area contributed by atoms with Gasteiger partial charge in [0.2, 0.25) is 0 Å². The van der Waals surface area contributed by atoms with Crippen molar-refractivity contribution in [3.63, 3.8) is 0 Å². The maximum absolute atomic E-state index is 12.9. The highest BCUT2D eigenvalue weighted by Gasteiger charge is 2.28. The average molecular weight is 309 g/mol. The van der Waals surface area contributed by atoms with Crippen molar-refractivity contribution in [1.82, 2.24) is 15.2 Å². The molecule has 0 bridgehead atoms. The summed E-state index contributed by atoms with van der Waals surface area (Å²) in [6.45, 7) is 9.14. The highest BCUT2D eigenvalue weighted by atomic mass is 32.1. The first-order valence-electron chi connectivity index (χ1n) is 8.15. The zero-order valence-electron chi connectivity index (χ0n) is 13.4. The van der Waals surface area contributed by atoms with Crippen molar-refractivity contribution in [1.29, 1.82) is 0 Å². The zero-order valence-corrected chi connectivity index (χ0v) is 14.3. The smallest absolute Gasteiger partial charge is 0.266 e. The average Bonchev–Trinajstić information content (AvgIpc) is 2.86. The number of amides is 1. The van der Waals surface area contributed by atoms with Crippen molar-refractivity contribution >= 4 is 17.2 Å². The number of piperidine rings is 1. The Hall–Kier alpha value is -0.940. The first kappa shape index (κ1) is 16.4. The van der Waals surface area contributed by atoms with Crippen LogP contribution in [0.5, 0.6) is 0 Å². The molecule has 5 heteroatoms. The van der Waals surface area contributed by atoms with Crippen LogP contribution in [-0.4, -0.2) is 41.5 Å². The van der Waals surface area contributed by atoms with E-state index in [4.69, 9.17) is 0 Å². The van der Waals surface area contributed by atoms with Crippen molar-refractivity contribution in [2.24, 2.45) is 0 Å². The molecule has 118 valence electrons. The molecule has 1 fully saturated rings. The molecular formula is C16H27N3OS. The van der Waals surface area contributed by atoms with Gasteiger partial charge in [0.1, 0.15) is 4.88 Å². The lowest BCUT2D eigenvalue weighted by molar-refractivity contribution is 0.0646. The number of nitrogens with zero attached hydrogens (tertiary/aromatic N) is 2. The maximum Gasteiger partial charge on any atom is 0.266 e. The summed E-state index contributed by atoms with van der Waals surface area (Å²) in [5, 5.41) is 4.47. The highest BCUT2D eigenvalue weighted by molar-refractivity contribution is 7.13. The summed E-state index contributed by atoms with van der Waals surface area (Å²) in [5.74, 6) is 0.195. The standard InChI is InChI=1S/C16H27N3OS/c1-4-6-14-18-12(3)15(21-14)16(20)19(11-5-2)13-7-9-17-10-8-13/h13,17H,4-11H2,1-3H3. The summed E-state index contributed by atoms with van der Waals surface area (Å²) in [5.41, 5.74) is 0.906. The predicted octanol–water partition coefficient (Wildman–Crippen LogP) is 3.01. The number of thiazole rings is 1. The summed E-state index contributed by atoms with van der Waals surface area (Å²) in [6.07, 6.45) is 5.18. The molecule has 21 heavy (non-hydrogen) atoms. The second-order valence-corrected chi connectivity index (χ2v) is 6.84. The molecule has 1 amide bonds. The van der Waals surface area contributed by atoms with Gasteiger partial charge >= 0.3 is 0 Å². The first-order chi connectivity index (χ1) is 10.2. The van der Waals surface area contributed by atoms with E-state index in [0.717, 1.165) is 67.3 Å². The van der Waals surface area contributed by atoms with E-state index >= 15 is 0 Å². The van der Waals surface area contributed by atoms with Gasteiger partial charge in [0.05, 0.1) is 10.7 Å². The SMILES string of the molecule is CCCc1nc(C)c(C(=O)N(CCC)C2CCNCC2)s1. The number of aromatic nitrogens is 1. The number of hydrogen-bond donors (Lipinski definition) is 1. The number of nitrogens with one attached hydrogen (secondary N) is 1. The lowest BCUT2D eigenvalue weighted by atomic mass is 10.0. The normalized spacial score (nSPS) is 16.1. The van der Waals surface area contributed by atoms with Crippen LogP contribution in [0.3, 0.4) is 0 Å². The number of aryl methyl sites for hydroxylation is 2. The van der Waals surface area contributed by atoms with E-state index in [1.54, 1.807) is 11.3 Å². The van der Waals surface area contributed by atoms with Crippen LogP contribution in [0.4, 0.5) is 0 Å². The molecule has 0 aliphatic carbocycles. The molecule has 4 nitrogen and oxygen atoms in total. The quantitative estimate of drug-likeness (QED) is 0.878. The molecule has 1 aliphatic heterocycles. The summed E-state index contributed by atoms with van der Waals surface area (Å²) in [7, 11) is 0. The van der Waals surface area contributed by atoms with Gasteiger partial charge in [-0.2, -0.15) is 0 Å². The third kappa shape index (κ3) is 4.04. The summed E-state index contributed by atoms with van der Waals surface area (Å²) < 4.78 is 0. The molecule has 1 aromatic rings. The van der Waals surface area contributed by atoms with Gasteiger partial charge in [0, 0.05) is 12.6 Å². The summed E-state index contributed by atoms with van der Waals surface area (Å²) in [4.78, 5) is 20.5. The lowest BCUT2D eigenvalue weighted by Crippen LogP contribution is -2.46. The molecule has 1 N–H and O–H groups in total. The van der Waals surface area contributed by atoms with Crippen molar-refractivity contribution in [2.45, 2.75) is 58.9 Å². The third-order valence-corrected chi connectivity index (χ3v) is 5.18. The van der Waals surface area contributed by atoms with Crippen LogP contribution in [0.2, 0.25) is 0 Å². The molecule has 0 unspecified atom stereocenters. The monoisotopic (exact) mass is 309 g/mol. The summed E-state index contributed by atoms with van der Waals surface area (Å²) >= 11 is 1.59. The van der Waals surface area contributed by atoms with E-state index in [2.05, 4.69) is 29.0 Å². The summed E-state index contributed by atoms with van der Waals surface area (Å²) in [6, 6.07) is 0.384. The fraction of sp³-hybridized carbons (Fsp3) is 0.750. The van der Waals surface area contributed by atoms with Crippen molar-refractivity contribution in [3.8, 4) is 0 Å². The lowest BCUT2D eigenvalue weighted by Gasteiger charge is -2.34. The minimum atomic E-state index is 0.195. The Kier molecular flexibility index (Phi) is 6.18. The Morgan fingerprint density at radius 1 is 1.33 bits per heavy atom. The van der Waals surface area contributed by atoms with E-state index in [0.29, 0.717) is 6.04 Å². The molecule has 1 saturated heterocycles. The van der Waals surface area contributed by atoms with Gasteiger partial charge in [-0.1, -0.05) is 13.8 Å². The number of carbonyl (C=O) groups is 1. The van der Waals surface area contributed by atoms with Crippen LogP contribution >= 0.6 is 11.3 Å². The van der Waals surface area contributed by atoms with Crippen LogP contribution in [0.25, 0.3) is 0 Å². The van der Waals surface area contributed by atoms with Crippen molar-refractivity contribution in [3.05, 3.63) is 15.6 Å². The van der Waals surface area contributed by atoms with Crippen LogP contribution in [0.1, 0.15) is 59.9 Å². The number of hydrogen-bond acceptors (Lipinski definition) is 4. The van der Waals surface area contributed by atoms with Gasteiger partial charge in [0.15, 0.2) is 0 Å². The highest BCUT2D eigenvalue weighted by Crippen LogP contribution is 2.24. The van der Waals surface area contributed by atoms with E-state index in [9.17, 15) is 4.79 Å². The second kappa shape index (κ2) is 7.90. The Labute approximate surface area is 132 Å². The molecule has 1 aromatic heterocycles. The minimum Gasteiger partial charge on any atom is -0.335 e. The van der Waals surface area contributed by atoms with Crippen LogP contribution in [0.15, 0.2) is 0 Å². The van der Waals surface area contributed by atoms with Crippen LogP contribution in [0, 0.1) is 6.92 Å². The molecule has 0 atom stereocenters. The Morgan fingerprint density at radius 3 is 2.67 bits per heavy atom. The van der Waals surface area contributed by atoms with Gasteiger partial charge in [-0.25, -0.2) is 4.98 Å². The third-order valence-electron chi connectivity index (χ3n) is 3.97. The molecule has 0 saturated carbocycles. The molecule has 1 aliphatic rings. The van der Waals surface area contributed by atoms with Gasteiger partial charge in [-0.3, -0.25) is 4.79 Å². The number of rotatable bonds is 6. The second-order valence-electron chi connectivity index (χ2n) is 5.75. The van der Waals surface area contributed by atoms with Gasteiger partial charge in [-0.15, -0.1) is 11.3 Å². The van der Waals surface area contributed by atoms with Gasteiger partial charge < -0.3 is 10.2 Å². The van der Waals surface area contributed by atoms with Crippen LogP contribution < -0.4 is 5.32 Å². The molecule has 0 spiro atoms.